The standard InChI is InChI=1S/C15H21NO3S/c1-19-13-6-8-14(9-7-13)20-10-15(18)16-11-2-4-12(17)5-3-11/h6-9,11-12,17H,2-5,10H2,1H3,(H,16,18). The molecule has 1 aromatic rings. The van der Waals surface area contributed by atoms with Gasteiger partial charge >= 0.3 is 0 Å². The Bertz CT molecular complexity index is 427. The van der Waals surface area contributed by atoms with Gasteiger partial charge in [0.2, 0.25) is 5.91 Å². The van der Waals surface area contributed by atoms with Crippen LogP contribution in [0.1, 0.15) is 25.7 Å². The number of ether oxygens (including phenoxy) is 1. The maximum Gasteiger partial charge on any atom is 0.230 e. The zero-order chi connectivity index (χ0) is 14.4. The Balaban J connectivity index is 1.71. The summed E-state index contributed by atoms with van der Waals surface area (Å²) in [5.41, 5.74) is 0. The molecule has 0 aromatic heterocycles. The Hall–Kier alpha value is -1.20. The average Bonchev–Trinajstić information content (AvgIpc) is 2.48. The van der Waals surface area contributed by atoms with Gasteiger partial charge in [0.15, 0.2) is 0 Å². The zero-order valence-corrected chi connectivity index (χ0v) is 12.5. The van der Waals surface area contributed by atoms with Crippen LogP contribution in [0.25, 0.3) is 0 Å². The zero-order valence-electron chi connectivity index (χ0n) is 11.7. The van der Waals surface area contributed by atoms with E-state index >= 15 is 0 Å². The van der Waals surface area contributed by atoms with Crippen LogP contribution in [0, 0.1) is 0 Å². The summed E-state index contributed by atoms with van der Waals surface area (Å²) in [6.07, 6.45) is 3.14. The van der Waals surface area contributed by atoms with Gasteiger partial charge in [0.05, 0.1) is 19.0 Å². The predicted molar refractivity (Wildman–Crippen MR) is 80.1 cm³/mol. The molecule has 1 fully saturated rings. The molecule has 20 heavy (non-hydrogen) atoms. The second kappa shape index (κ2) is 7.55. The number of benzene rings is 1. The van der Waals surface area contributed by atoms with Gasteiger partial charge in [-0.1, -0.05) is 0 Å². The third-order valence-corrected chi connectivity index (χ3v) is 4.50. The topological polar surface area (TPSA) is 58.6 Å². The molecule has 5 heteroatoms. The first-order chi connectivity index (χ1) is 9.67. The molecular weight excluding hydrogens is 274 g/mol. The largest absolute Gasteiger partial charge is 0.497 e. The molecule has 0 radical (unpaired) electrons. The van der Waals surface area contributed by atoms with E-state index in [2.05, 4.69) is 5.32 Å². The first-order valence-corrected chi connectivity index (χ1v) is 7.90. The van der Waals surface area contributed by atoms with Crippen LogP contribution in [0.2, 0.25) is 0 Å². The highest BCUT2D eigenvalue weighted by Crippen LogP contribution is 2.22. The van der Waals surface area contributed by atoms with Gasteiger partial charge in [-0.3, -0.25) is 4.79 Å². The molecule has 0 aliphatic heterocycles. The predicted octanol–water partition coefficient (Wildman–Crippen LogP) is 2.21. The highest BCUT2D eigenvalue weighted by molar-refractivity contribution is 8.00. The number of amides is 1. The number of hydrogen-bond acceptors (Lipinski definition) is 4. The van der Waals surface area contributed by atoms with Crippen molar-refractivity contribution in [1.82, 2.24) is 5.32 Å². The third kappa shape index (κ3) is 4.72. The van der Waals surface area contributed by atoms with Crippen LogP contribution in [0.3, 0.4) is 0 Å². The van der Waals surface area contributed by atoms with E-state index in [9.17, 15) is 9.90 Å². The van der Waals surface area contributed by atoms with Gasteiger partial charge in [0.25, 0.3) is 0 Å². The molecule has 1 saturated carbocycles. The number of carbonyl (C=O) groups is 1. The summed E-state index contributed by atoms with van der Waals surface area (Å²) < 4.78 is 5.09. The average molecular weight is 295 g/mol. The van der Waals surface area contributed by atoms with Gasteiger partial charge in [0, 0.05) is 10.9 Å². The van der Waals surface area contributed by atoms with Crippen molar-refractivity contribution < 1.29 is 14.6 Å². The molecule has 0 atom stereocenters. The Morgan fingerprint density at radius 1 is 1.30 bits per heavy atom. The molecule has 0 saturated heterocycles. The minimum absolute atomic E-state index is 0.0622. The van der Waals surface area contributed by atoms with Gasteiger partial charge < -0.3 is 15.2 Å². The highest BCUT2D eigenvalue weighted by Gasteiger charge is 2.20. The monoisotopic (exact) mass is 295 g/mol. The van der Waals surface area contributed by atoms with E-state index in [0.29, 0.717) is 5.75 Å². The quantitative estimate of drug-likeness (QED) is 0.818. The fourth-order valence-corrected chi connectivity index (χ4v) is 3.02. The molecule has 1 amide bonds. The Morgan fingerprint density at radius 3 is 2.55 bits per heavy atom. The van der Waals surface area contributed by atoms with Gasteiger partial charge in [-0.05, 0) is 49.9 Å². The third-order valence-electron chi connectivity index (χ3n) is 3.49. The van der Waals surface area contributed by atoms with Crippen molar-refractivity contribution in [1.29, 1.82) is 0 Å². The molecule has 110 valence electrons. The van der Waals surface area contributed by atoms with E-state index in [0.717, 1.165) is 36.3 Å². The fraction of sp³-hybridized carbons (Fsp3) is 0.533. The summed E-state index contributed by atoms with van der Waals surface area (Å²) >= 11 is 1.52. The van der Waals surface area contributed by atoms with E-state index in [1.54, 1.807) is 7.11 Å². The van der Waals surface area contributed by atoms with Crippen molar-refractivity contribution in [2.45, 2.75) is 42.7 Å². The minimum atomic E-state index is -0.183. The number of hydrogen-bond donors (Lipinski definition) is 2. The summed E-state index contributed by atoms with van der Waals surface area (Å²) in [5.74, 6) is 1.30. The van der Waals surface area contributed by atoms with Crippen LogP contribution in [0.15, 0.2) is 29.2 Å². The van der Waals surface area contributed by atoms with Crippen LogP contribution in [-0.4, -0.2) is 36.0 Å². The van der Waals surface area contributed by atoms with Gasteiger partial charge in [-0.2, -0.15) is 0 Å². The lowest BCUT2D eigenvalue weighted by atomic mass is 9.93. The van der Waals surface area contributed by atoms with Crippen molar-refractivity contribution >= 4 is 17.7 Å². The molecule has 2 N–H and O–H groups in total. The molecule has 1 aliphatic rings. The van der Waals surface area contributed by atoms with Crippen LogP contribution in [-0.2, 0) is 4.79 Å². The van der Waals surface area contributed by atoms with E-state index in [-0.39, 0.29) is 18.1 Å². The molecule has 0 unspecified atom stereocenters. The minimum Gasteiger partial charge on any atom is -0.497 e. The van der Waals surface area contributed by atoms with Crippen molar-refractivity contribution in [3.8, 4) is 5.75 Å². The van der Waals surface area contributed by atoms with Gasteiger partial charge in [0.1, 0.15) is 5.75 Å². The SMILES string of the molecule is COc1ccc(SCC(=O)NC2CCC(O)CC2)cc1. The second-order valence-corrected chi connectivity index (χ2v) is 6.09. The maximum absolute atomic E-state index is 11.9. The lowest BCUT2D eigenvalue weighted by molar-refractivity contribution is -0.119. The van der Waals surface area contributed by atoms with Crippen molar-refractivity contribution in [2.75, 3.05) is 12.9 Å². The lowest BCUT2D eigenvalue weighted by Crippen LogP contribution is -2.39. The number of aliphatic hydroxyl groups excluding tert-OH is 1. The molecular formula is C15H21NO3S. The summed E-state index contributed by atoms with van der Waals surface area (Å²) in [4.78, 5) is 12.9. The van der Waals surface area contributed by atoms with E-state index in [1.165, 1.54) is 11.8 Å². The van der Waals surface area contributed by atoms with Gasteiger partial charge in [-0.15, -0.1) is 11.8 Å². The molecule has 0 heterocycles. The van der Waals surface area contributed by atoms with Crippen LogP contribution >= 0.6 is 11.8 Å². The molecule has 1 aromatic carbocycles. The number of methoxy groups -OCH3 is 1. The van der Waals surface area contributed by atoms with Crippen molar-refractivity contribution in [2.24, 2.45) is 0 Å². The normalized spacial score (nSPS) is 22.3. The van der Waals surface area contributed by atoms with Crippen LogP contribution < -0.4 is 10.1 Å². The fourth-order valence-electron chi connectivity index (χ4n) is 2.31. The number of aliphatic hydroxyl groups is 1. The molecule has 0 bridgehead atoms. The first kappa shape index (κ1) is 15.2. The lowest BCUT2D eigenvalue weighted by Gasteiger charge is -2.26. The maximum atomic E-state index is 11.9. The number of carbonyl (C=O) groups excluding carboxylic acids is 1. The van der Waals surface area contributed by atoms with Crippen molar-refractivity contribution in [3.63, 3.8) is 0 Å². The molecule has 1 aliphatic carbocycles. The smallest absolute Gasteiger partial charge is 0.230 e. The molecule has 4 nitrogen and oxygen atoms in total. The summed E-state index contributed by atoms with van der Waals surface area (Å²) in [5, 5.41) is 12.5. The summed E-state index contributed by atoms with van der Waals surface area (Å²) in [7, 11) is 1.64. The number of rotatable bonds is 5. The van der Waals surface area contributed by atoms with Crippen molar-refractivity contribution in [3.05, 3.63) is 24.3 Å². The number of thioether (sulfide) groups is 1. The molecule has 0 spiro atoms. The van der Waals surface area contributed by atoms with Crippen LogP contribution in [0.4, 0.5) is 0 Å². The summed E-state index contributed by atoms with van der Waals surface area (Å²) in [6.45, 7) is 0. The Labute approximate surface area is 123 Å². The van der Waals surface area contributed by atoms with E-state index in [4.69, 9.17) is 4.74 Å². The summed E-state index contributed by atoms with van der Waals surface area (Å²) in [6, 6.07) is 7.91. The first-order valence-electron chi connectivity index (χ1n) is 6.91. The Morgan fingerprint density at radius 2 is 1.95 bits per heavy atom. The van der Waals surface area contributed by atoms with Crippen LogP contribution in [0.5, 0.6) is 5.75 Å². The highest BCUT2D eigenvalue weighted by atomic mass is 32.2. The van der Waals surface area contributed by atoms with Gasteiger partial charge in [-0.25, -0.2) is 0 Å². The number of nitrogens with one attached hydrogen (secondary N) is 1. The Kier molecular flexibility index (Phi) is 5.73. The van der Waals surface area contributed by atoms with E-state index in [1.807, 2.05) is 24.3 Å². The van der Waals surface area contributed by atoms with E-state index < -0.39 is 0 Å². The molecule has 2 rings (SSSR count). The second-order valence-electron chi connectivity index (χ2n) is 5.04.